The quantitative estimate of drug-likeness (QED) is 0.832. The molecule has 0 unspecified atom stereocenters. The molecule has 25 heavy (non-hydrogen) atoms. The average molecular weight is 343 g/mol. The number of ether oxygens (including phenoxy) is 1. The van der Waals surface area contributed by atoms with Crippen molar-refractivity contribution in [3.8, 4) is 17.2 Å². The van der Waals surface area contributed by atoms with Gasteiger partial charge in [-0.25, -0.2) is 4.98 Å². The van der Waals surface area contributed by atoms with E-state index in [1.165, 1.54) is 6.42 Å². The third-order valence-corrected chi connectivity index (χ3v) is 5.43. The molecule has 0 bridgehead atoms. The van der Waals surface area contributed by atoms with Gasteiger partial charge in [-0.05, 0) is 64.5 Å². The molecule has 1 aromatic carbocycles. The second-order valence-corrected chi connectivity index (χ2v) is 7.23. The molecule has 0 amide bonds. The molecular weight excluding hydrogens is 314 g/mol. The monoisotopic (exact) mass is 343 g/mol. The fourth-order valence-corrected chi connectivity index (χ4v) is 3.53. The van der Waals surface area contributed by atoms with Gasteiger partial charge in [0.15, 0.2) is 0 Å². The number of hydrogen-bond acceptors (Lipinski definition) is 5. The molecule has 1 aliphatic heterocycles. The molecule has 0 spiro atoms. The van der Waals surface area contributed by atoms with Gasteiger partial charge in [0.25, 0.3) is 0 Å². The predicted octanol–water partition coefficient (Wildman–Crippen LogP) is 3.41. The van der Waals surface area contributed by atoms with Crippen molar-refractivity contribution in [1.82, 2.24) is 14.8 Å². The zero-order valence-electron chi connectivity index (χ0n) is 16.2. The van der Waals surface area contributed by atoms with E-state index in [0.717, 1.165) is 53.5 Å². The van der Waals surface area contributed by atoms with E-state index in [2.05, 4.69) is 37.7 Å². The third kappa shape index (κ3) is 3.58. The molecule has 1 saturated heterocycles. The number of likely N-dealkylation sites (tertiary alicyclic amines) is 1. The molecule has 5 heteroatoms. The maximum absolute atomic E-state index is 6.01. The summed E-state index contributed by atoms with van der Waals surface area (Å²) in [7, 11) is 6.01. The average Bonchev–Trinajstić information content (AvgIpc) is 3.18. The van der Waals surface area contributed by atoms with Crippen LogP contribution in [-0.4, -0.2) is 55.1 Å². The predicted molar refractivity (Wildman–Crippen MR) is 100 cm³/mol. The van der Waals surface area contributed by atoms with E-state index in [0.29, 0.717) is 11.9 Å². The second-order valence-electron chi connectivity index (χ2n) is 7.23. The molecule has 2 heterocycles. The van der Waals surface area contributed by atoms with E-state index in [4.69, 9.17) is 14.1 Å². The first-order valence-corrected chi connectivity index (χ1v) is 8.90. The van der Waals surface area contributed by atoms with Crippen molar-refractivity contribution in [2.75, 3.05) is 34.3 Å². The lowest BCUT2D eigenvalue weighted by molar-refractivity contribution is 0.262. The molecule has 2 aromatic rings. The summed E-state index contributed by atoms with van der Waals surface area (Å²) >= 11 is 0. The standard InChI is InChI=1S/C20H29N3O2/c1-13-14(2)19(24-6)8-7-17(13)20-21-18(15(3)25-20)12-23-10-9-16(11-23)22(4)5/h7-8,16H,9-12H2,1-6H3/t16-/m1/s1. The van der Waals surface area contributed by atoms with E-state index < -0.39 is 0 Å². The van der Waals surface area contributed by atoms with Crippen LogP contribution in [0.4, 0.5) is 0 Å². The van der Waals surface area contributed by atoms with Gasteiger partial charge in [-0.1, -0.05) is 0 Å². The molecule has 3 rings (SSSR count). The minimum Gasteiger partial charge on any atom is -0.496 e. The maximum Gasteiger partial charge on any atom is 0.226 e. The zero-order chi connectivity index (χ0) is 18.1. The Morgan fingerprint density at radius 2 is 2.00 bits per heavy atom. The van der Waals surface area contributed by atoms with Crippen molar-refractivity contribution < 1.29 is 9.15 Å². The molecule has 1 fully saturated rings. The smallest absolute Gasteiger partial charge is 0.226 e. The molecular formula is C20H29N3O2. The van der Waals surface area contributed by atoms with Gasteiger partial charge in [0, 0.05) is 31.2 Å². The van der Waals surface area contributed by atoms with Crippen LogP contribution in [0.5, 0.6) is 5.75 Å². The number of benzene rings is 1. The molecule has 0 radical (unpaired) electrons. The van der Waals surface area contributed by atoms with Crippen LogP contribution in [0.3, 0.4) is 0 Å². The van der Waals surface area contributed by atoms with Crippen LogP contribution in [0.1, 0.15) is 29.0 Å². The summed E-state index contributed by atoms with van der Waals surface area (Å²) < 4.78 is 11.4. The van der Waals surface area contributed by atoms with Crippen molar-refractivity contribution >= 4 is 0 Å². The number of nitrogens with zero attached hydrogens (tertiary/aromatic N) is 3. The number of hydrogen-bond donors (Lipinski definition) is 0. The first-order chi connectivity index (χ1) is 11.9. The van der Waals surface area contributed by atoms with Crippen LogP contribution in [0.15, 0.2) is 16.5 Å². The number of likely N-dealkylation sites (N-methyl/N-ethyl adjacent to an activating group) is 1. The van der Waals surface area contributed by atoms with Crippen LogP contribution in [0, 0.1) is 20.8 Å². The summed E-state index contributed by atoms with van der Waals surface area (Å²) in [5, 5.41) is 0. The highest BCUT2D eigenvalue weighted by atomic mass is 16.5. The van der Waals surface area contributed by atoms with Gasteiger partial charge in [0.1, 0.15) is 11.5 Å². The van der Waals surface area contributed by atoms with E-state index in [1.54, 1.807) is 7.11 Å². The zero-order valence-corrected chi connectivity index (χ0v) is 16.2. The van der Waals surface area contributed by atoms with Gasteiger partial charge < -0.3 is 14.1 Å². The first-order valence-electron chi connectivity index (χ1n) is 8.90. The summed E-state index contributed by atoms with van der Waals surface area (Å²) in [4.78, 5) is 9.58. The van der Waals surface area contributed by atoms with Gasteiger partial charge in [-0.3, -0.25) is 4.90 Å². The minimum absolute atomic E-state index is 0.637. The van der Waals surface area contributed by atoms with E-state index in [9.17, 15) is 0 Å². The number of aromatic nitrogens is 1. The van der Waals surface area contributed by atoms with Crippen molar-refractivity contribution in [1.29, 1.82) is 0 Å². The Bertz CT molecular complexity index is 752. The Hall–Kier alpha value is -1.85. The topological polar surface area (TPSA) is 41.7 Å². The Morgan fingerprint density at radius 3 is 2.64 bits per heavy atom. The second kappa shape index (κ2) is 7.18. The summed E-state index contributed by atoms with van der Waals surface area (Å²) in [6, 6.07) is 4.66. The highest BCUT2D eigenvalue weighted by Crippen LogP contribution is 2.32. The summed E-state index contributed by atoms with van der Waals surface area (Å²) in [6.07, 6.45) is 1.22. The summed E-state index contributed by atoms with van der Waals surface area (Å²) in [5.74, 6) is 2.52. The Morgan fingerprint density at radius 1 is 1.24 bits per heavy atom. The van der Waals surface area contributed by atoms with Crippen LogP contribution in [-0.2, 0) is 6.54 Å². The summed E-state index contributed by atoms with van der Waals surface area (Å²) in [5.41, 5.74) is 4.37. The Balaban J connectivity index is 1.80. The van der Waals surface area contributed by atoms with Crippen molar-refractivity contribution in [3.63, 3.8) is 0 Å². The van der Waals surface area contributed by atoms with Crippen molar-refractivity contribution in [3.05, 3.63) is 34.7 Å². The molecule has 1 aromatic heterocycles. The molecule has 0 N–H and O–H groups in total. The molecule has 1 aliphatic rings. The van der Waals surface area contributed by atoms with Crippen LogP contribution in [0.2, 0.25) is 0 Å². The van der Waals surface area contributed by atoms with Gasteiger partial charge in [-0.2, -0.15) is 0 Å². The number of oxazole rings is 1. The minimum atomic E-state index is 0.637. The van der Waals surface area contributed by atoms with Crippen LogP contribution in [0.25, 0.3) is 11.5 Å². The third-order valence-electron chi connectivity index (χ3n) is 5.43. The van der Waals surface area contributed by atoms with Gasteiger partial charge in [0.05, 0.1) is 12.8 Å². The van der Waals surface area contributed by atoms with Gasteiger partial charge in [-0.15, -0.1) is 0 Å². The summed E-state index contributed by atoms with van der Waals surface area (Å²) in [6.45, 7) is 9.24. The molecule has 1 atom stereocenters. The number of methoxy groups -OCH3 is 1. The number of rotatable bonds is 5. The number of aryl methyl sites for hydroxylation is 1. The first kappa shape index (κ1) is 18.0. The lowest BCUT2D eigenvalue weighted by Gasteiger charge is -2.19. The Kier molecular flexibility index (Phi) is 5.16. The van der Waals surface area contributed by atoms with Crippen molar-refractivity contribution in [2.45, 2.75) is 39.8 Å². The van der Waals surface area contributed by atoms with E-state index in [1.807, 2.05) is 19.1 Å². The normalized spacial score (nSPS) is 18.3. The lowest BCUT2D eigenvalue weighted by atomic mass is 10.0. The SMILES string of the molecule is COc1ccc(-c2nc(CN3CC[C@@H](N(C)C)C3)c(C)o2)c(C)c1C. The highest BCUT2D eigenvalue weighted by molar-refractivity contribution is 5.63. The van der Waals surface area contributed by atoms with Gasteiger partial charge >= 0.3 is 0 Å². The molecule has 136 valence electrons. The van der Waals surface area contributed by atoms with Crippen LogP contribution >= 0.6 is 0 Å². The maximum atomic E-state index is 6.01. The fraction of sp³-hybridized carbons (Fsp3) is 0.550. The molecule has 5 nitrogen and oxygen atoms in total. The van der Waals surface area contributed by atoms with Gasteiger partial charge in [0.2, 0.25) is 5.89 Å². The highest BCUT2D eigenvalue weighted by Gasteiger charge is 2.25. The van der Waals surface area contributed by atoms with E-state index >= 15 is 0 Å². The Labute approximate surface area is 150 Å². The van der Waals surface area contributed by atoms with Crippen LogP contribution < -0.4 is 4.74 Å². The lowest BCUT2D eigenvalue weighted by Crippen LogP contribution is -2.31. The molecule has 0 aliphatic carbocycles. The largest absolute Gasteiger partial charge is 0.496 e. The fourth-order valence-electron chi connectivity index (χ4n) is 3.53. The van der Waals surface area contributed by atoms with E-state index in [-0.39, 0.29) is 0 Å². The van der Waals surface area contributed by atoms with Crippen molar-refractivity contribution in [2.24, 2.45) is 0 Å². The molecule has 0 saturated carbocycles.